The Bertz CT molecular complexity index is 968. The molecule has 3 aromatic rings. The van der Waals surface area contributed by atoms with Crippen LogP contribution >= 0.6 is 23.4 Å². The van der Waals surface area contributed by atoms with Crippen molar-refractivity contribution in [2.75, 3.05) is 11.2 Å². The van der Waals surface area contributed by atoms with Crippen molar-refractivity contribution in [2.24, 2.45) is 0 Å². The molecule has 3 rings (SSSR count). The largest absolute Gasteiger partial charge is 0.289 e. The summed E-state index contributed by atoms with van der Waals surface area (Å²) in [5.41, 5.74) is 6.58. The Hall–Kier alpha value is -1.98. The van der Waals surface area contributed by atoms with Crippen LogP contribution in [0.5, 0.6) is 0 Å². The Balaban J connectivity index is 2.10. The van der Waals surface area contributed by atoms with E-state index >= 15 is 0 Å². The molecular formula is C18H18ClN3OS. The lowest BCUT2D eigenvalue weighted by Crippen LogP contribution is -2.27. The molecular weight excluding hydrogens is 342 g/mol. The van der Waals surface area contributed by atoms with Gasteiger partial charge in [-0.05, 0) is 55.0 Å². The van der Waals surface area contributed by atoms with Gasteiger partial charge in [-0.3, -0.25) is 10.2 Å². The van der Waals surface area contributed by atoms with Gasteiger partial charge in [0.2, 0.25) is 0 Å². The normalized spacial score (nSPS) is 11.0. The maximum Gasteiger partial charge on any atom is 0.280 e. The third-order valence-corrected chi connectivity index (χ3v) is 4.87. The van der Waals surface area contributed by atoms with Crippen LogP contribution in [0.3, 0.4) is 0 Å². The van der Waals surface area contributed by atoms with Crippen LogP contribution in [0.1, 0.15) is 18.1 Å². The molecule has 0 saturated heterocycles. The number of benzene rings is 2. The molecule has 2 aromatic carbocycles. The van der Waals surface area contributed by atoms with E-state index in [0.29, 0.717) is 10.4 Å². The zero-order valence-electron chi connectivity index (χ0n) is 13.8. The average Bonchev–Trinajstić information content (AvgIpc) is 2.53. The van der Waals surface area contributed by atoms with Crippen LogP contribution in [0.15, 0.2) is 46.3 Å². The molecule has 0 saturated carbocycles. The number of thioether (sulfide) groups is 1. The van der Waals surface area contributed by atoms with E-state index in [1.165, 1.54) is 11.0 Å². The summed E-state index contributed by atoms with van der Waals surface area (Å²) in [7, 11) is 0. The van der Waals surface area contributed by atoms with E-state index in [-0.39, 0.29) is 5.56 Å². The minimum absolute atomic E-state index is 0.126. The molecule has 1 heterocycles. The van der Waals surface area contributed by atoms with Gasteiger partial charge in [-0.2, -0.15) is 0 Å². The van der Waals surface area contributed by atoms with E-state index in [4.69, 9.17) is 11.6 Å². The van der Waals surface area contributed by atoms with E-state index in [9.17, 15) is 4.79 Å². The molecule has 124 valence electrons. The third kappa shape index (κ3) is 3.28. The summed E-state index contributed by atoms with van der Waals surface area (Å²) in [6.07, 6.45) is 1.52. The summed E-state index contributed by atoms with van der Waals surface area (Å²) in [4.78, 5) is 18.3. The maximum atomic E-state index is 12.8. The van der Waals surface area contributed by atoms with E-state index in [2.05, 4.69) is 17.3 Å². The first-order valence-electron chi connectivity index (χ1n) is 7.67. The van der Waals surface area contributed by atoms with Crippen LogP contribution in [0.2, 0.25) is 5.02 Å². The molecule has 0 unspecified atom stereocenters. The standard InChI is InChI=1S/C18H18ClN3OS/c1-4-24-16-6-5-13(19)9-15(16)21-22-10-20-17-12(3)7-11(2)8-14(17)18(22)23/h5-10,21H,4H2,1-3H3. The topological polar surface area (TPSA) is 46.9 Å². The summed E-state index contributed by atoms with van der Waals surface area (Å²) in [6.45, 7) is 6.02. The summed E-state index contributed by atoms with van der Waals surface area (Å²) < 4.78 is 1.41. The fourth-order valence-electron chi connectivity index (χ4n) is 2.67. The van der Waals surface area contributed by atoms with Crippen LogP contribution in [0.4, 0.5) is 5.69 Å². The number of rotatable bonds is 4. The summed E-state index contributed by atoms with van der Waals surface area (Å²) in [5, 5.41) is 1.22. The molecule has 0 aliphatic carbocycles. The molecule has 0 atom stereocenters. The molecule has 24 heavy (non-hydrogen) atoms. The fraction of sp³-hybridized carbons (Fsp3) is 0.222. The van der Waals surface area contributed by atoms with Crippen molar-refractivity contribution in [3.8, 4) is 0 Å². The van der Waals surface area contributed by atoms with Gasteiger partial charge in [-0.25, -0.2) is 9.66 Å². The average molecular weight is 360 g/mol. The monoisotopic (exact) mass is 359 g/mol. The van der Waals surface area contributed by atoms with Gasteiger partial charge in [-0.1, -0.05) is 24.6 Å². The van der Waals surface area contributed by atoms with Crippen molar-refractivity contribution in [1.82, 2.24) is 9.66 Å². The van der Waals surface area contributed by atoms with E-state index < -0.39 is 0 Å². The number of anilines is 1. The van der Waals surface area contributed by atoms with Gasteiger partial charge < -0.3 is 0 Å². The van der Waals surface area contributed by atoms with Gasteiger partial charge in [-0.15, -0.1) is 11.8 Å². The quantitative estimate of drug-likeness (QED) is 0.688. The Morgan fingerprint density at radius 3 is 2.79 bits per heavy atom. The van der Waals surface area contributed by atoms with E-state index in [0.717, 1.165) is 33.0 Å². The molecule has 1 aromatic heterocycles. The summed E-state index contributed by atoms with van der Waals surface area (Å²) >= 11 is 7.79. The predicted octanol–water partition coefficient (Wildman–Crippen LogP) is 4.65. The molecule has 4 nitrogen and oxygen atoms in total. The zero-order valence-corrected chi connectivity index (χ0v) is 15.3. The predicted molar refractivity (Wildman–Crippen MR) is 102 cm³/mol. The molecule has 0 spiro atoms. The smallest absolute Gasteiger partial charge is 0.280 e. The van der Waals surface area contributed by atoms with Crippen LogP contribution in [0, 0.1) is 13.8 Å². The van der Waals surface area contributed by atoms with E-state index in [1.54, 1.807) is 11.8 Å². The van der Waals surface area contributed by atoms with Gasteiger partial charge in [0.15, 0.2) is 0 Å². The number of halogens is 1. The fourth-order valence-corrected chi connectivity index (χ4v) is 3.58. The lowest BCUT2D eigenvalue weighted by molar-refractivity contribution is 0.873. The lowest BCUT2D eigenvalue weighted by Gasteiger charge is -2.14. The summed E-state index contributed by atoms with van der Waals surface area (Å²) in [5.74, 6) is 0.930. The molecule has 0 amide bonds. The molecule has 0 aliphatic rings. The SMILES string of the molecule is CCSc1ccc(Cl)cc1Nn1cnc2c(C)cc(C)cc2c1=O. The highest BCUT2D eigenvalue weighted by Crippen LogP contribution is 2.29. The lowest BCUT2D eigenvalue weighted by atomic mass is 10.1. The third-order valence-electron chi connectivity index (χ3n) is 3.68. The van der Waals surface area contributed by atoms with Crippen LogP contribution in [0.25, 0.3) is 10.9 Å². The molecule has 6 heteroatoms. The molecule has 0 radical (unpaired) electrons. The second kappa shape index (κ2) is 6.87. The molecule has 0 bridgehead atoms. The number of nitrogens with zero attached hydrogens (tertiary/aromatic N) is 2. The van der Waals surface area contributed by atoms with Gasteiger partial charge in [0.05, 0.1) is 16.6 Å². The summed E-state index contributed by atoms with van der Waals surface area (Å²) in [6, 6.07) is 9.51. The molecule has 0 aliphatic heterocycles. The highest BCUT2D eigenvalue weighted by atomic mass is 35.5. The Kier molecular flexibility index (Phi) is 4.83. The number of aromatic nitrogens is 2. The van der Waals surface area contributed by atoms with Gasteiger partial charge in [0.25, 0.3) is 5.56 Å². The van der Waals surface area contributed by atoms with Gasteiger partial charge >= 0.3 is 0 Å². The number of hydrogen-bond donors (Lipinski definition) is 1. The van der Waals surface area contributed by atoms with Crippen molar-refractivity contribution in [2.45, 2.75) is 25.7 Å². The highest BCUT2D eigenvalue weighted by Gasteiger charge is 2.09. The first kappa shape index (κ1) is 16.9. The molecule has 0 fully saturated rings. The minimum atomic E-state index is -0.126. The Morgan fingerprint density at radius 2 is 2.04 bits per heavy atom. The maximum absolute atomic E-state index is 12.8. The molecule has 1 N–H and O–H groups in total. The van der Waals surface area contributed by atoms with Crippen LogP contribution in [-0.2, 0) is 0 Å². The highest BCUT2D eigenvalue weighted by molar-refractivity contribution is 7.99. The van der Waals surface area contributed by atoms with Crippen molar-refractivity contribution < 1.29 is 0 Å². The Morgan fingerprint density at radius 1 is 1.25 bits per heavy atom. The van der Waals surface area contributed by atoms with Gasteiger partial charge in [0.1, 0.15) is 6.33 Å². The Labute approximate surface area is 149 Å². The number of nitrogens with one attached hydrogen (secondary N) is 1. The van der Waals surface area contributed by atoms with Crippen molar-refractivity contribution in [3.05, 3.63) is 63.2 Å². The zero-order chi connectivity index (χ0) is 17.3. The first-order chi connectivity index (χ1) is 11.5. The second-order valence-electron chi connectivity index (χ2n) is 5.58. The van der Waals surface area contributed by atoms with Crippen LogP contribution < -0.4 is 11.0 Å². The number of hydrogen-bond acceptors (Lipinski definition) is 4. The number of aryl methyl sites for hydroxylation is 2. The van der Waals surface area contributed by atoms with Crippen molar-refractivity contribution in [1.29, 1.82) is 0 Å². The second-order valence-corrected chi connectivity index (χ2v) is 7.33. The van der Waals surface area contributed by atoms with Crippen molar-refractivity contribution >= 4 is 40.0 Å². The van der Waals surface area contributed by atoms with E-state index in [1.807, 2.05) is 44.2 Å². The van der Waals surface area contributed by atoms with Gasteiger partial charge in [0, 0.05) is 9.92 Å². The number of fused-ring (bicyclic) bond motifs is 1. The van der Waals surface area contributed by atoms with Crippen molar-refractivity contribution in [3.63, 3.8) is 0 Å². The minimum Gasteiger partial charge on any atom is -0.289 e. The van der Waals surface area contributed by atoms with Crippen LogP contribution in [-0.4, -0.2) is 15.4 Å². The first-order valence-corrected chi connectivity index (χ1v) is 9.04.